The van der Waals surface area contributed by atoms with Crippen LogP contribution < -0.4 is 11.1 Å². The Hall–Kier alpha value is -0.770. The standard InChI is InChI=1S/C6H11N3S/c1-4(2)9-6-8-3-5(7)10-6/h3-4H,7H2,1-2H3,(H,8,9). The van der Waals surface area contributed by atoms with Crippen LogP contribution in [0.5, 0.6) is 0 Å². The molecule has 4 heteroatoms. The average molecular weight is 157 g/mol. The molecule has 10 heavy (non-hydrogen) atoms. The van der Waals surface area contributed by atoms with Crippen molar-refractivity contribution in [2.45, 2.75) is 19.9 Å². The Balaban J connectivity index is 2.58. The van der Waals surface area contributed by atoms with E-state index in [9.17, 15) is 0 Å². The van der Waals surface area contributed by atoms with Gasteiger partial charge in [-0.05, 0) is 13.8 Å². The van der Waals surface area contributed by atoms with Crippen LogP contribution in [0.15, 0.2) is 6.20 Å². The van der Waals surface area contributed by atoms with E-state index in [1.807, 2.05) is 0 Å². The van der Waals surface area contributed by atoms with E-state index in [2.05, 4.69) is 24.1 Å². The van der Waals surface area contributed by atoms with Gasteiger partial charge in [-0.15, -0.1) is 0 Å². The highest BCUT2D eigenvalue weighted by Gasteiger charge is 1.98. The molecule has 0 aliphatic heterocycles. The third kappa shape index (κ3) is 1.88. The predicted octanol–water partition coefficient (Wildman–Crippen LogP) is 1.55. The summed E-state index contributed by atoms with van der Waals surface area (Å²) >= 11 is 1.47. The number of hydrogen-bond acceptors (Lipinski definition) is 4. The fourth-order valence-electron chi connectivity index (χ4n) is 0.600. The molecule has 1 aromatic rings. The molecule has 0 radical (unpaired) electrons. The number of nitrogen functional groups attached to an aromatic ring is 1. The first-order valence-electron chi connectivity index (χ1n) is 3.16. The van der Waals surface area contributed by atoms with Crippen LogP contribution in [0.4, 0.5) is 10.1 Å². The Labute approximate surface area is 64.3 Å². The maximum absolute atomic E-state index is 5.47. The van der Waals surface area contributed by atoms with E-state index in [-0.39, 0.29) is 0 Å². The summed E-state index contributed by atoms with van der Waals surface area (Å²) in [6.45, 7) is 4.13. The molecule has 0 saturated carbocycles. The molecule has 0 spiro atoms. The zero-order valence-electron chi connectivity index (χ0n) is 6.09. The van der Waals surface area contributed by atoms with Crippen LogP contribution in [0, 0.1) is 0 Å². The minimum absolute atomic E-state index is 0.422. The number of rotatable bonds is 2. The smallest absolute Gasteiger partial charge is 0.184 e. The van der Waals surface area contributed by atoms with E-state index in [1.165, 1.54) is 11.3 Å². The van der Waals surface area contributed by atoms with Gasteiger partial charge in [-0.2, -0.15) is 0 Å². The number of nitrogens with zero attached hydrogens (tertiary/aromatic N) is 1. The maximum Gasteiger partial charge on any atom is 0.184 e. The molecule has 3 nitrogen and oxygen atoms in total. The topological polar surface area (TPSA) is 50.9 Å². The van der Waals surface area contributed by atoms with E-state index in [0.29, 0.717) is 6.04 Å². The highest BCUT2D eigenvalue weighted by Crippen LogP contribution is 2.19. The van der Waals surface area contributed by atoms with Gasteiger partial charge in [0.2, 0.25) is 0 Å². The van der Waals surface area contributed by atoms with Gasteiger partial charge in [0.25, 0.3) is 0 Å². The molecular formula is C6H11N3S. The third-order valence-corrected chi connectivity index (χ3v) is 1.69. The summed E-state index contributed by atoms with van der Waals surface area (Å²) in [6.07, 6.45) is 1.66. The second kappa shape index (κ2) is 2.88. The average Bonchev–Trinajstić information content (AvgIpc) is 2.13. The molecule has 0 amide bonds. The number of anilines is 2. The molecule has 0 atom stereocenters. The van der Waals surface area contributed by atoms with Crippen LogP contribution in [0.1, 0.15) is 13.8 Å². The predicted molar refractivity (Wildman–Crippen MR) is 45.3 cm³/mol. The van der Waals surface area contributed by atoms with Gasteiger partial charge >= 0.3 is 0 Å². The summed E-state index contributed by atoms with van der Waals surface area (Å²) < 4.78 is 0. The molecule has 1 heterocycles. The van der Waals surface area contributed by atoms with Gasteiger partial charge in [-0.25, -0.2) is 4.98 Å². The van der Waals surface area contributed by atoms with Gasteiger partial charge in [0.15, 0.2) is 5.13 Å². The van der Waals surface area contributed by atoms with Crippen molar-refractivity contribution >= 4 is 21.5 Å². The molecule has 56 valence electrons. The second-order valence-electron chi connectivity index (χ2n) is 2.37. The number of nitrogens with two attached hydrogens (primary N) is 1. The molecule has 0 bridgehead atoms. The van der Waals surface area contributed by atoms with Gasteiger partial charge in [-0.3, -0.25) is 0 Å². The lowest BCUT2D eigenvalue weighted by Crippen LogP contribution is -2.08. The Morgan fingerprint density at radius 2 is 2.40 bits per heavy atom. The molecule has 1 rings (SSSR count). The fourth-order valence-corrected chi connectivity index (χ4v) is 1.33. The minimum Gasteiger partial charge on any atom is -0.389 e. The summed E-state index contributed by atoms with van der Waals surface area (Å²) in [6, 6.07) is 0.422. The zero-order chi connectivity index (χ0) is 7.56. The van der Waals surface area contributed by atoms with Crippen LogP contribution in [-0.4, -0.2) is 11.0 Å². The second-order valence-corrected chi connectivity index (χ2v) is 3.43. The molecule has 1 aromatic heterocycles. The van der Waals surface area contributed by atoms with Crippen molar-refractivity contribution in [1.29, 1.82) is 0 Å². The van der Waals surface area contributed by atoms with Crippen molar-refractivity contribution in [3.63, 3.8) is 0 Å². The van der Waals surface area contributed by atoms with Crippen molar-refractivity contribution in [3.8, 4) is 0 Å². The molecule has 0 aromatic carbocycles. The third-order valence-electron chi connectivity index (χ3n) is 0.936. The summed E-state index contributed by atoms with van der Waals surface area (Å²) in [4.78, 5) is 4.04. The minimum atomic E-state index is 0.422. The molecule has 3 N–H and O–H groups in total. The number of aromatic nitrogens is 1. The van der Waals surface area contributed by atoms with E-state index in [1.54, 1.807) is 6.20 Å². The van der Waals surface area contributed by atoms with Crippen LogP contribution in [0.3, 0.4) is 0 Å². The van der Waals surface area contributed by atoms with Gasteiger partial charge < -0.3 is 11.1 Å². The molecule has 0 aliphatic carbocycles. The summed E-state index contributed by atoms with van der Waals surface area (Å²) in [5.74, 6) is 0. The summed E-state index contributed by atoms with van der Waals surface area (Å²) in [7, 11) is 0. The lowest BCUT2D eigenvalue weighted by molar-refractivity contribution is 0.896. The highest BCUT2D eigenvalue weighted by atomic mass is 32.1. The first-order valence-corrected chi connectivity index (χ1v) is 3.98. The van der Waals surface area contributed by atoms with Crippen molar-refractivity contribution in [2.24, 2.45) is 0 Å². The maximum atomic E-state index is 5.47. The molecule has 0 saturated heterocycles. The van der Waals surface area contributed by atoms with Gasteiger partial charge in [0.1, 0.15) is 5.00 Å². The van der Waals surface area contributed by atoms with E-state index in [4.69, 9.17) is 5.73 Å². The van der Waals surface area contributed by atoms with Crippen LogP contribution in [-0.2, 0) is 0 Å². The molecule has 0 fully saturated rings. The molecule has 0 aliphatic rings. The lowest BCUT2D eigenvalue weighted by Gasteiger charge is -2.03. The monoisotopic (exact) mass is 157 g/mol. The van der Waals surface area contributed by atoms with E-state index in [0.717, 1.165) is 10.1 Å². The Bertz CT molecular complexity index is 207. The van der Waals surface area contributed by atoms with Crippen LogP contribution >= 0.6 is 11.3 Å². The normalized spacial score (nSPS) is 10.3. The van der Waals surface area contributed by atoms with E-state index < -0.39 is 0 Å². The molecular weight excluding hydrogens is 146 g/mol. The highest BCUT2D eigenvalue weighted by molar-refractivity contribution is 7.19. The summed E-state index contributed by atoms with van der Waals surface area (Å²) in [5, 5.41) is 4.80. The van der Waals surface area contributed by atoms with Gasteiger partial charge in [0, 0.05) is 6.04 Å². The van der Waals surface area contributed by atoms with E-state index >= 15 is 0 Å². The van der Waals surface area contributed by atoms with Crippen molar-refractivity contribution in [2.75, 3.05) is 11.1 Å². The number of thiazole rings is 1. The van der Waals surface area contributed by atoms with Crippen LogP contribution in [0.25, 0.3) is 0 Å². The Kier molecular flexibility index (Phi) is 2.11. The Morgan fingerprint density at radius 1 is 1.70 bits per heavy atom. The first kappa shape index (κ1) is 7.34. The molecule has 0 unspecified atom stereocenters. The fraction of sp³-hybridized carbons (Fsp3) is 0.500. The largest absolute Gasteiger partial charge is 0.389 e. The van der Waals surface area contributed by atoms with Crippen molar-refractivity contribution in [3.05, 3.63) is 6.20 Å². The quantitative estimate of drug-likeness (QED) is 0.684. The van der Waals surface area contributed by atoms with Gasteiger partial charge in [0.05, 0.1) is 6.20 Å². The van der Waals surface area contributed by atoms with Gasteiger partial charge in [-0.1, -0.05) is 11.3 Å². The summed E-state index contributed by atoms with van der Waals surface area (Å²) in [5.41, 5.74) is 5.47. The SMILES string of the molecule is CC(C)Nc1ncc(N)s1. The van der Waals surface area contributed by atoms with Crippen LogP contribution in [0.2, 0.25) is 0 Å². The Morgan fingerprint density at radius 3 is 2.80 bits per heavy atom. The number of hydrogen-bond donors (Lipinski definition) is 2. The lowest BCUT2D eigenvalue weighted by atomic mass is 10.4. The van der Waals surface area contributed by atoms with Crippen molar-refractivity contribution < 1.29 is 0 Å². The zero-order valence-corrected chi connectivity index (χ0v) is 6.90. The first-order chi connectivity index (χ1) is 4.68. The van der Waals surface area contributed by atoms with Crippen molar-refractivity contribution in [1.82, 2.24) is 4.98 Å². The number of nitrogens with one attached hydrogen (secondary N) is 1.